The number of thiazole rings is 1. The van der Waals surface area contributed by atoms with Crippen molar-refractivity contribution in [1.29, 1.82) is 0 Å². The Hall–Kier alpha value is -1.77. The Bertz CT molecular complexity index is 642. The minimum atomic E-state index is -0.00319. The monoisotopic (exact) mass is 335 g/mol. The van der Waals surface area contributed by atoms with Gasteiger partial charge in [0, 0.05) is 51.4 Å². The molecule has 1 saturated heterocycles. The average Bonchev–Trinajstić information content (AvgIpc) is 3.18. The van der Waals surface area contributed by atoms with E-state index in [-0.39, 0.29) is 12.0 Å². The molecule has 0 saturated carbocycles. The molecule has 3 rings (SSSR count). The SMILES string of the molecule is CC(=O)N(C)c1nc(CN2CCO[C@@H](Cn3cccn3)C2)cs1. The third kappa shape index (κ3) is 4.15. The van der Waals surface area contributed by atoms with Gasteiger partial charge in [0.1, 0.15) is 0 Å². The first kappa shape index (κ1) is 16.1. The quantitative estimate of drug-likeness (QED) is 0.822. The van der Waals surface area contributed by atoms with Gasteiger partial charge in [-0.3, -0.25) is 19.3 Å². The summed E-state index contributed by atoms with van der Waals surface area (Å²) in [6.45, 7) is 5.56. The van der Waals surface area contributed by atoms with Crippen molar-refractivity contribution < 1.29 is 9.53 Å². The third-order valence-electron chi connectivity index (χ3n) is 3.86. The molecular weight excluding hydrogens is 314 g/mol. The molecular formula is C15H21N5O2S. The summed E-state index contributed by atoms with van der Waals surface area (Å²) in [5, 5.41) is 6.99. The van der Waals surface area contributed by atoms with Gasteiger partial charge < -0.3 is 4.74 Å². The van der Waals surface area contributed by atoms with Crippen LogP contribution in [-0.2, 0) is 22.6 Å². The van der Waals surface area contributed by atoms with Gasteiger partial charge in [-0.25, -0.2) is 4.98 Å². The molecule has 0 spiro atoms. The van der Waals surface area contributed by atoms with Crippen molar-refractivity contribution in [2.75, 3.05) is 31.6 Å². The number of nitrogens with zero attached hydrogens (tertiary/aromatic N) is 5. The number of carbonyl (C=O) groups excluding carboxylic acids is 1. The number of ether oxygens (including phenoxy) is 1. The van der Waals surface area contributed by atoms with Crippen LogP contribution in [0.5, 0.6) is 0 Å². The molecule has 0 aliphatic carbocycles. The molecule has 1 amide bonds. The molecule has 1 aliphatic heterocycles. The molecule has 1 aliphatic rings. The molecule has 2 aromatic rings. The average molecular weight is 335 g/mol. The Morgan fingerprint density at radius 1 is 1.57 bits per heavy atom. The van der Waals surface area contributed by atoms with E-state index in [9.17, 15) is 4.79 Å². The number of rotatable bonds is 5. The van der Waals surface area contributed by atoms with Gasteiger partial charge in [0.2, 0.25) is 5.91 Å². The lowest BCUT2D eigenvalue weighted by Crippen LogP contribution is -2.43. The van der Waals surface area contributed by atoms with E-state index >= 15 is 0 Å². The first-order valence-corrected chi connectivity index (χ1v) is 8.50. The summed E-state index contributed by atoms with van der Waals surface area (Å²) in [5.74, 6) is -0.00319. The second kappa shape index (κ2) is 7.20. The van der Waals surface area contributed by atoms with Crippen molar-refractivity contribution in [2.45, 2.75) is 26.1 Å². The van der Waals surface area contributed by atoms with Gasteiger partial charge >= 0.3 is 0 Å². The van der Waals surface area contributed by atoms with Gasteiger partial charge in [0.15, 0.2) is 5.13 Å². The van der Waals surface area contributed by atoms with Crippen molar-refractivity contribution >= 4 is 22.4 Å². The van der Waals surface area contributed by atoms with Gasteiger partial charge in [0.05, 0.1) is 24.9 Å². The minimum absolute atomic E-state index is 0.00319. The lowest BCUT2D eigenvalue weighted by atomic mass is 10.2. The second-order valence-electron chi connectivity index (χ2n) is 5.66. The Morgan fingerprint density at radius 2 is 2.43 bits per heavy atom. The number of aromatic nitrogens is 3. The standard InChI is InChI=1S/C15H21N5O2S/c1-12(21)18(2)15-17-13(11-23-15)8-19-6-7-22-14(9-19)10-20-5-3-4-16-20/h3-5,11,14H,6-10H2,1-2H3/t14-/m1/s1. The fraction of sp³-hybridized carbons (Fsp3) is 0.533. The Kier molecular flexibility index (Phi) is 5.04. The van der Waals surface area contributed by atoms with Crippen molar-refractivity contribution in [2.24, 2.45) is 0 Å². The largest absolute Gasteiger partial charge is 0.374 e. The van der Waals surface area contributed by atoms with E-state index in [0.717, 1.165) is 43.6 Å². The zero-order valence-electron chi connectivity index (χ0n) is 13.4. The van der Waals surface area contributed by atoms with Crippen LogP contribution in [0.25, 0.3) is 0 Å². The Balaban J connectivity index is 1.56. The second-order valence-corrected chi connectivity index (χ2v) is 6.49. The van der Waals surface area contributed by atoms with E-state index in [1.807, 2.05) is 22.3 Å². The van der Waals surface area contributed by atoms with Gasteiger partial charge in [-0.15, -0.1) is 11.3 Å². The lowest BCUT2D eigenvalue weighted by molar-refractivity contribution is -0.116. The number of amides is 1. The van der Waals surface area contributed by atoms with Crippen molar-refractivity contribution in [1.82, 2.24) is 19.7 Å². The van der Waals surface area contributed by atoms with Crippen LogP contribution < -0.4 is 4.90 Å². The van der Waals surface area contributed by atoms with Crippen LogP contribution in [0.1, 0.15) is 12.6 Å². The van der Waals surface area contributed by atoms with Gasteiger partial charge in [-0.2, -0.15) is 5.10 Å². The van der Waals surface area contributed by atoms with Crippen LogP contribution in [0, 0.1) is 0 Å². The molecule has 7 nitrogen and oxygen atoms in total. The fourth-order valence-corrected chi connectivity index (χ4v) is 3.36. The fourth-order valence-electron chi connectivity index (χ4n) is 2.54. The molecule has 0 N–H and O–H groups in total. The van der Waals surface area contributed by atoms with E-state index in [2.05, 4.69) is 15.0 Å². The highest BCUT2D eigenvalue weighted by Crippen LogP contribution is 2.21. The first-order valence-electron chi connectivity index (χ1n) is 7.62. The first-order chi connectivity index (χ1) is 11.1. The predicted octanol–water partition coefficient (Wildman–Crippen LogP) is 1.22. The molecule has 8 heteroatoms. The zero-order chi connectivity index (χ0) is 16.2. The van der Waals surface area contributed by atoms with E-state index in [1.165, 1.54) is 11.3 Å². The Morgan fingerprint density at radius 3 is 3.17 bits per heavy atom. The minimum Gasteiger partial charge on any atom is -0.374 e. The van der Waals surface area contributed by atoms with Crippen LogP contribution in [0.2, 0.25) is 0 Å². The summed E-state index contributed by atoms with van der Waals surface area (Å²) in [4.78, 5) is 19.9. The van der Waals surface area contributed by atoms with Gasteiger partial charge in [0.25, 0.3) is 0 Å². The number of anilines is 1. The highest BCUT2D eigenvalue weighted by molar-refractivity contribution is 7.14. The molecule has 23 heavy (non-hydrogen) atoms. The van der Waals surface area contributed by atoms with Gasteiger partial charge in [-0.05, 0) is 6.07 Å². The summed E-state index contributed by atoms with van der Waals surface area (Å²) in [7, 11) is 1.75. The predicted molar refractivity (Wildman–Crippen MR) is 88.4 cm³/mol. The lowest BCUT2D eigenvalue weighted by Gasteiger charge is -2.32. The molecule has 0 radical (unpaired) electrons. The summed E-state index contributed by atoms with van der Waals surface area (Å²) in [6, 6.07) is 1.92. The maximum atomic E-state index is 11.4. The molecule has 124 valence electrons. The number of morpholine rings is 1. The molecule has 0 unspecified atom stereocenters. The van der Waals surface area contributed by atoms with Crippen molar-refractivity contribution in [3.05, 3.63) is 29.5 Å². The summed E-state index contributed by atoms with van der Waals surface area (Å²) >= 11 is 1.50. The zero-order valence-corrected chi connectivity index (χ0v) is 14.2. The molecule has 3 heterocycles. The highest BCUT2D eigenvalue weighted by Gasteiger charge is 2.22. The molecule has 0 bridgehead atoms. The molecule has 0 aromatic carbocycles. The van der Waals surface area contributed by atoms with Crippen LogP contribution in [0.3, 0.4) is 0 Å². The van der Waals surface area contributed by atoms with Crippen LogP contribution in [0.15, 0.2) is 23.8 Å². The van der Waals surface area contributed by atoms with Crippen molar-refractivity contribution in [3.63, 3.8) is 0 Å². The summed E-state index contributed by atoms with van der Waals surface area (Å²) < 4.78 is 7.72. The van der Waals surface area contributed by atoms with Crippen LogP contribution in [-0.4, -0.2) is 58.4 Å². The summed E-state index contributed by atoms with van der Waals surface area (Å²) in [5.41, 5.74) is 0.998. The molecule has 1 fully saturated rings. The van der Waals surface area contributed by atoms with Crippen molar-refractivity contribution in [3.8, 4) is 0 Å². The molecule has 2 aromatic heterocycles. The van der Waals surface area contributed by atoms with Gasteiger partial charge in [-0.1, -0.05) is 0 Å². The van der Waals surface area contributed by atoms with E-state index < -0.39 is 0 Å². The maximum Gasteiger partial charge on any atom is 0.225 e. The van der Waals surface area contributed by atoms with E-state index in [1.54, 1.807) is 25.1 Å². The topological polar surface area (TPSA) is 63.5 Å². The highest BCUT2D eigenvalue weighted by atomic mass is 32.1. The van der Waals surface area contributed by atoms with E-state index in [0.29, 0.717) is 0 Å². The van der Waals surface area contributed by atoms with E-state index in [4.69, 9.17) is 4.74 Å². The van der Waals surface area contributed by atoms with Crippen LogP contribution >= 0.6 is 11.3 Å². The summed E-state index contributed by atoms with van der Waals surface area (Å²) in [6.07, 6.45) is 3.87. The molecule has 1 atom stereocenters. The number of hydrogen-bond donors (Lipinski definition) is 0. The normalized spacial score (nSPS) is 19.0. The number of hydrogen-bond acceptors (Lipinski definition) is 6. The Labute approximate surface area is 139 Å². The maximum absolute atomic E-state index is 11.4. The third-order valence-corrected chi connectivity index (χ3v) is 4.82. The smallest absolute Gasteiger partial charge is 0.225 e. The number of carbonyl (C=O) groups is 1. The van der Waals surface area contributed by atoms with Crippen LogP contribution in [0.4, 0.5) is 5.13 Å².